The lowest BCUT2D eigenvalue weighted by atomic mass is 9.81. The van der Waals surface area contributed by atoms with E-state index in [-0.39, 0.29) is 11.3 Å². The molecule has 5 nitrogen and oxygen atoms in total. The maximum absolute atomic E-state index is 13.0. The molecule has 2 aromatic heterocycles. The van der Waals surface area contributed by atoms with E-state index >= 15 is 0 Å². The first-order chi connectivity index (χ1) is 12.6. The van der Waals surface area contributed by atoms with Crippen molar-refractivity contribution in [1.29, 1.82) is 0 Å². The van der Waals surface area contributed by atoms with Gasteiger partial charge in [-0.05, 0) is 50.8 Å². The predicted molar refractivity (Wildman–Crippen MR) is 97.8 cm³/mol. The van der Waals surface area contributed by atoms with Crippen LogP contribution in [0.25, 0.3) is 0 Å². The average molecular weight is 354 g/mol. The molecular weight excluding hydrogens is 328 g/mol. The van der Waals surface area contributed by atoms with Crippen molar-refractivity contribution < 1.29 is 13.9 Å². The van der Waals surface area contributed by atoms with Crippen LogP contribution in [0.1, 0.15) is 46.8 Å². The third kappa shape index (κ3) is 3.16. The number of rotatable bonds is 5. The largest absolute Gasteiger partial charge is 0.466 e. The number of fused-ring (bicyclic) bond motifs is 1. The molecular formula is C21H26N2O3. The van der Waals surface area contributed by atoms with Crippen LogP contribution in [0, 0.1) is 25.2 Å². The molecule has 1 aliphatic carbocycles. The molecule has 0 bridgehead atoms. The van der Waals surface area contributed by atoms with Crippen LogP contribution in [0.15, 0.2) is 34.9 Å². The maximum Gasteiger partial charge on any atom is 0.257 e. The van der Waals surface area contributed by atoms with Gasteiger partial charge in [-0.15, -0.1) is 0 Å². The van der Waals surface area contributed by atoms with Gasteiger partial charge in [0.25, 0.3) is 5.91 Å². The molecule has 0 N–H and O–H groups in total. The third-order valence-electron chi connectivity index (χ3n) is 5.96. The number of aryl methyl sites for hydroxylation is 2. The van der Waals surface area contributed by atoms with Crippen molar-refractivity contribution in [2.24, 2.45) is 11.3 Å². The zero-order chi connectivity index (χ0) is 18.1. The molecule has 2 aliphatic rings. The topological polar surface area (TPSA) is 55.6 Å². The van der Waals surface area contributed by atoms with Gasteiger partial charge in [0, 0.05) is 24.7 Å². The lowest BCUT2D eigenvalue weighted by molar-refractivity contribution is 0.0252. The van der Waals surface area contributed by atoms with Crippen LogP contribution >= 0.6 is 0 Å². The van der Waals surface area contributed by atoms with Gasteiger partial charge in [0.1, 0.15) is 11.5 Å². The smallest absolute Gasteiger partial charge is 0.257 e. The van der Waals surface area contributed by atoms with Crippen LogP contribution in [0.4, 0.5) is 0 Å². The number of amides is 1. The zero-order valence-electron chi connectivity index (χ0n) is 15.5. The van der Waals surface area contributed by atoms with Crippen LogP contribution < -0.4 is 0 Å². The van der Waals surface area contributed by atoms with Crippen LogP contribution in [0.3, 0.4) is 0 Å². The van der Waals surface area contributed by atoms with E-state index in [0.29, 0.717) is 30.5 Å². The second-order valence-electron chi connectivity index (χ2n) is 7.78. The summed E-state index contributed by atoms with van der Waals surface area (Å²) in [4.78, 5) is 19.3. The first-order valence-electron chi connectivity index (χ1n) is 9.41. The molecule has 2 atom stereocenters. The second-order valence-corrected chi connectivity index (χ2v) is 7.78. The van der Waals surface area contributed by atoms with Gasteiger partial charge >= 0.3 is 0 Å². The van der Waals surface area contributed by atoms with Gasteiger partial charge in [0.15, 0.2) is 0 Å². The molecule has 1 saturated heterocycles. The summed E-state index contributed by atoms with van der Waals surface area (Å²) in [6.07, 6.45) is 5.33. The summed E-state index contributed by atoms with van der Waals surface area (Å²) < 4.78 is 11.6. The SMILES string of the molecule is Cc1cc(C(=O)N2C[C@H]3CCC[C@@]3(COCc3ccccn3)C2)c(C)o1. The number of aromatic nitrogens is 1. The molecule has 2 fully saturated rings. The highest BCUT2D eigenvalue weighted by Crippen LogP contribution is 2.49. The van der Waals surface area contributed by atoms with Gasteiger partial charge in [-0.3, -0.25) is 9.78 Å². The van der Waals surface area contributed by atoms with Crippen LogP contribution in [-0.2, 0) is 11.3 Å². The predicted octanol–water partition coefficient (Wildman–Crippen LogP) is 3.75. The van der Waals surface area contributed by atoms with Gasteiger partial charge < -0.3 is 14.1 Å². The lowest BCUT2D eigenvalue weighted by Crippen LogP contribution is -2.34. The van der Waals surface area contributed by atoms with Gasteiger partial charge in [0.2, 0.25) is 0 Å². The number of carbonyl (C=O) groups is 1. The van der Waals surface area contributed by atoms with Crippen molar-refractivity contribution in [2.75, 3.05) is 19.7 Å². The van der Waals surface area contributed by atoms with Gasteiger partial charge in [-0.2, -0.15) is 0 Å². The number of nitrogens with zero attached hydrogens (tertiary/aromatic N) is 2. The summed E-state index contributed by atoms with van der Waals surface area (Å²) in [6, 6.07) is 7.73. The Hall–Kier alpha value is -2.14. The molecule has 0 spiro atoms. The molecule has 4 rings (SSSR count). The number of hydrogen-bond acceptors (Lipinski definition) is 4. The van der Waals surface area contributed by atoms with Crippen LogP contribution in [0.2, 0.25) is 0 Å². The van der Waals surface area contributed by atoms with Crippen molar-refractivity contribution >= 4 is 5.91 Å². The first-order valence-corrected chi connectivity index (χ1v) is 9.41. The fourth-order valence-corrected chi connectivity index (χ4v) is 4.66. The van der Waals surface area contributed by atoms with Crippen molar-refractivity contribution in [2.45, 2.75) is 39.7 Å². The molecule has 0 radical (unpaired) electrons. The molecule has 2 aromatic rings. The summed E-state index contributed by atoms with van der Waals surface area (Å²) in [5.74, 6) is 2.13. The molecule has 1 saturated carbocycles. The minimum absolute atomic E-state index is 0.0944. The average Bonchev–Trinajstić information content (AvgIpc) is 3.27. The van der Waals surface area contributed by atoms with Gasteiger partial charge in [-0.25, -0.2) is 0 Å². The number of ether oxygens (including phenoxy) is 1. The van der Waals surface area contributed by atoms with Crippen LogP contribution in [0.5, 0.6) is 0 Å². The van der Waals surface area contributed by atoms with E-state index in [0.717, 1.165) is 31.0 Å². The second kappa shape index (κ2) is 6.88. The highest BCUT2D eigenvalue weighted by Gasteiger charge is 2.51. The van der Waals surface area contributed by atoms with Crippen molar-refractivity contribution in [1.82, 2.24) is 9.88 Å². The van der Waals surface area contributed by atoms with Crippen molar-refractivity contribution in [3.8, 4) is 0 Å². The summed E-state index contributed by atoms with van der Waals surface area (Å²) in [7, 11) is 0. The lowest BCUT2D eigenvalue weighted by Gasteiger charge is -2.28. The van der Waals surface area contributed by atoms with E-state index in [2.05, 4.69) is 4.98 Å². The summed E-state index contributed by atoms with van der Waals surface area (Å²) in [5.41, 5.74) is 1.75. The molecule has 1 aliphatic heterocycles. The Bertz CT molecular complexity index is 786. The maximum atomic E-state index is 13.0. The number of hydrogen-bond donors (Lipinski definition) is 0. The number of pyridine rings is 1. The standard InChI is InChI=1S/C21H26N2O3/c1-15-10-19(16(2)26-15)20(24)23-11-17-6-5-8-21(17,13-23)14-25-12-18-7-3-4-9-22-18/h3-4,7,9-10,17H,5-6,8,11-14H2,1-2H3/t17-,21+/m1/s1. The first kappa shape index (κ1) is 17.3. The Morgan fingerprint density at radius 2 is 2.31 bits per heavy atom. The highest BCUT2D eigenvalue weighted by atomic mass is 16.5. The molecule has 5 heteroatoms. The molecule has 138 valence electrons. The van der Waals surface area contributed by atoms with E-state index in [1.807, 2.05) is 43.0 Å². The number of carbonyl (C=O) groups excluding carboxylic acids is 1. The number of likely N-dealkylation sites (tertiary alicyclic amines) is 1. The summed E-state index contributed by atoms with van der Waals surface area (Å²) >= 11 is 0. The normalized spacial score (nSPS) is 24.8. The Kier molecular flexibility index (Phi) is 4.57. The molecule has 26 heavy (non-hydrogen) atoms. The molecule has 3 heterocycles. The highest BCUT2D eigenvalue weighted by molar-refractivity contribution is 5.95. The van der Waals surface area contributed by atoms with Gasteiger partial charge in [-0.1, -0.05) is 12.5 Å². The van der Waals surface area contributed by atoms with Crippen molar-refractivity contribution in [3.63, 3.8) is 0 Å². The van der Waals surface area contributed by atoms with Crippen molar-refractivity contribution in [3.05, 3.63) is 53.2 Å². The fourth-order valence-electron chi connectivity index (χ4n) is 4.66. The molecule has 0 aromatic carbocycles. The Balaban J connectivity index is 1.43. The van der Waals surface area contributed by atoms with E-state index < -0.39 is 0 Å². The van der Waals surface area contributed by atoms with E-state index in [1.54, 1.807) is 6.20 Å². The van der Waals surface area contributed by atoms with E-state index in [9.17, 15) is 4.79 Å². The third-order valence-corrected chi connectivity index (χ3v) is 5.96. The van der Waals surface area contributed by atoms with Crippen LogP contribution in [-0.4, -0.2) is 35.5 Å². The summed E-state index contributed by atoms with van der Waals surface area (Å²) in [6.45, 7) is 6.58. The minimum atomic E-state index is 0.0944. The number of furan rings is 1. The van der Waals surface area contributed by atoms with E-state index in [4.69, 9.17) is 9.15 Å². The Morgan fingerprint density at radius 3 is 3.04 bits per heavy atom. The van der Waals surface area contributed by atoms with E-state index in [1.165, 1.54) is 12.8 Å². The molecule has 1 amide bonds. The van der Waals surface area contributed by atoms with Gasteiger partial charge in [0.05, 0.1) is 24.5 Å². The minimum Gasteiger partial charge on any atom is -0.466 e. The Labute approximate surface area is 154 Å². The summed E-state index contributed by atoms with van der Waals surface area (Å²) in [5, 5.41) is 0. The quantitative estimate of drug-likeness (QED) is 0.820. The fraction of sp³-hybridized carbons (Fsp3) is 0.524. The monoisotopic (exact) mass is 354 g/mol. The Morgan fingerprint density at radius 1 is 1.42 bits per heavy atom. The molecule has 0 unspecified atom stereocenters. The zero-order valence-corrected chi connectivity index (χ0v) is 15.5.